The van der Waals surface area contributed by atoms with E-state index in [1.54, 1.807) is 11.5 Å². The predicted molar refractivity (Wildman–Crippen MR) is 93.6 cm³/mol. The van der Waals surface area contributed by atoms with Gasteiger partial charge in [0.1, 0.15) is 0 Å². The van der Waals surface area contributed by atoms with E-state index in [1.165, 1.54) is 0 Å². The molecule has 1 aliphatic carbocycles. The summed E-state index contributed by atoms with van der Waals surface area (Å²) in [4.78, 5) is 26.6. The van der Waals surface area contributed by atoms with Crippen LogP contribution in [-0.4, -0.2) is 23.6 Å². The van der Waals surface area contributed by atoms with Crippen molar-refractivity contribution in [3.05, 3.63) is 65.2 Å². The number of para-hydroxylation sites is 1. The van der Waals surface area contributed by atoms with Crippen molar-refractivity contribution in [1.29, 1.82) is 0 Å². The van der Waals surface area contributed by atoms with Gasteiger partial charge < -0.3 is 4.90 Å². The molecule has 2 N–H and O–H groups in total. The fourth-order valence-electron chi connectivity index (χ4n) is 4.13. The van der Waals surface area contributed by atoms with Gasteiger partial charge in [0.2, 0.25) is 5.91 Å². The van der Waals surface area contributed by atoms with E-state index in [9.17, 15) is 9.59 Å². The number of rotatable bonds is 2. The average Bonchev–Trinajstić information content (AvgIpc) is 2.97. The van der Waals surface area contributed by atoms with E-state index in [0.29, 0.717) is 12.0 Å². The first kappa shape index (κ1) is 15.8. The lowest BCUT2D eigenvalue weighted by Crippen LogP contribution is -2.38. The summed E-state index contributed by atoms with van der Waals surface area (Å²) in [5.41, 5.74) is 4.97. The zero-order valence-corrected chi connectivity index (χ0v) is 13.9. The van der Waals surface area contributed by atoms with Crippen LogP contribution in [-0.2, 0) is 17.6 Å². The third kappa shape index (κ3) is 2.61. The lowest BCUT2D eigenvalue weighted by molar-refractivity contribution is -0.126. The van der Waals surface area contributed by atoms with Crippen LogP contribution in [0.25, 0.3) is 0 Å². The number of hydroxylamine groups is 1. The van der Waals surface area contributed by atoms with E-state index < -0.39 is 5.91 Å². The lowest BCUT2D eigenvalue weighted by atomic mass is 9.70. The Bertz CT molecular complexity index is 834. The third-order valence-corrected chi connectivity index (χ3v) is 5.55. The van der Waals surface area contributed by atoms with Crippen molar-refractivity contribution in [3.63, 3.8) is 0 Å². The van der Waals surface area contributed by atoms with Gasteiger partial charge >= 0.3 is 0 Å². The molecule has 1 aliphatic heterocycles. The Morgan fingerprint density at radius 1 is 1.08 bits per heavy atom. The highest BCUT2D eigenvalue weighted by Crippen LogP contribution is 2.45. The molecular formula is C20H20N2O3. The summed E-state index contributed by atoms with van der Waals surface area (Å²) in [5, 5.41) is 8.78. The van der Waals surface area contributed by atoms with Crippen molar-refractivity contribution in [3.8, 4) is 0 Å². The molecule has 128 valence electrons. The summed E-state index contributed by atoms with van der Waals surface area (Å²) in [6, 6.07) is 15.3. The highest BCUT2D eigenvalue weighted by atomic mass is 16.5. The smallest absolute Gasteiger partial charge is 0.274 e. The van der Waals surface area contributed by atoms with Crippen LogP contribution in [0.15, 0.2) is 48.5 Å². The van der Waals surface area contributed by atoms with Gasteiger partial charge in [-0.1, -0.05) is 24.3 Å². The van der Waals surface area contributed by atoms with E-state index >= 15 is 0 Å². The minimum Gasteiger partial charge on any atom is -0.312 e. The summed E-state index contributed by atoms with van der Waals surface area (Å²) < 4.78 is 0. The van der Waals surface area contributed by atoms with Crippen molar-refractivity contribution in [1.82, 2.24) is 5.48 Å². The molecule has 0 radical (unpaired) electrons. The fraction of sp³-hybridized carbons (Fsp3) is 0.300. The zero-order chi connectivity index (χ0) is 17.4. The number of aryl methyl sites for hydroxylation is 1. The molecule has 1 heterocycles. The molecule has 2 amide bonds. The SMILES string of the molecule is O=C(NO)c1ccc2c(c1)CCC1(CCN(c3ccccc3)C1=O)C2. The van der Waals surface area contributed by atoms with Crippen LogP contribution in [0, 0.1) is 5.41 Å². The van der Waals surface area contributed by atoms with Gasteiger partial charge in [-0.05, 0) is 61.1 Å². The van der Waals surface area contributed by atoms with Gasteiger partial charge in [-0.25, -0.2) is 5.48 Å². The lowest BCUT2D eigenvalue weighted by Gasteiger charge is -2.33. The van der Waals surface area contributed by atoms with E-state index in [-0.39, 0.29) is 11.3 Å². The molecule has 2 aromatic rings. The molecule has 5 heteroatoms. The van der Waals surface area contributed by atoms with Crippen LogP contribution in [0.4, 0.5) is 5.69 Å². The van der Waals surface area contributed by atoms with Crippen LogP contribution in [0.3, 0.4) is 0 Å². The first-order valence-corrected chi connectivity index (χ1v) is 8.56. The van der Waals surface area contributed by atoms with Crippen LogP contribution in [0.5, 0.6) is 0 Å². The van der Waals surface area contributed by atoms with E-state index in [4.69, 9.17) is 5.21 Å². The Balaban J connectivity index is 1.60. The first-order valence-electron chi connectivity index (χ1n) is 8.56. The number of carbonyl (C=O) groups is 2. The Morgan fingerprint density at radius 3 is 2.64 bits per heavy atom. The Labute approximate surface area is 146 Å². The van der Waals surface area contributed by atoms with Crippen LogP contribution >= 0.6 is 0 Å². The Hall–Kier alpha value is -2.66. The third-order valence-electron chi connectivity index (χ3n) is 5.55. The van der Waals surface area contributed by atoms with Gasteiger partial charge in [0.15, 0.2) is 0 Å². The Kier molecular flexibility index (Phi) is 3.81. The van der Waals surface area contributed by atoms with Gasteiger partial charge in [-0.2, -0.15) is 0 Å². The summed E-state index contributed by atoms with van der Waals surface area (Å²) in [7, 11) is 0. The van der Waals surface area contributed by atoms with E-state index in [1.807, 2.05) is 47.4 Å². The number of hydrogen-bond acceptors (Lipinski definition) is 3. The van der Waals surface area contributed by atoms with Crippen molar-refractivity contribution < 1.29 is 14.8 Å². The molecule has 1 atom stereocenters. The first-order chi connectivity index (χ1) is 12.1. The van der Waals surface area contributed by atoms with Gasteiger partial charge in [0, 0.05) is 17.8 Å². The maximum atomic E-state index is 13.1. The molecule has 1 spiro atoms. The molecule has 25 heavy (non-hydrogen) atoms. The number of anilines is 1. The number of carbonyl (C=O) groups excluding carboxylic acids is 2. The zero-order valence-electron chi connectivity index (χ0n) is 13.9. The highest BCUT2D eigenvalue weighted by molar-refractivity contribution is 6.00. The van der Waals surface area contributed by atoms with E-state index in [0.717, 1.165) is 42.6 Å². The predicted octanol–water partition coefficient (Wildman–Crippen LogP) is 2.72. The molecule has 0 aromatic heterocycles. The van der Waals surface area contributed by atoms with Crippen LogP contribution in [0.2, 0.25) is 0 Å². The number of fused-ring (bicyclic) bond motifs is 1. The van der Waals surface area contributed by atoms with Gasteiger partial charge in [0.25, 0.3) is 5.91 Å². The molecule has 1 fully saturated rings. The monoisotopic (exact) mass is 336 g/mol. The summed E-state index contributed by atoms with van der Waals surface area (Å²) in [6.45, 7) is 0.753. The quantitative estimate of drug-likeness (QED) is 0.654. The van der Waals surface area contributed by atoms with Crippen molar-refractivity contribution >= 4 is 17.5 Å². The van der Waals surface area contributed by atoms with E-state index in [2.05, 4.69) is 0 Å². The standard InChI is InChI=1S/C20H20N2O3/c23-18(21-25)15-6-7-16-13-20(9-8-14(16)12-15)10-11-22(19(20)24)17-4-2-1-3-5-17/h1-7,12,25H,8-11,13H2,(H,21,23). The molecule has 2 aromatic carbocycles. The number of nitrogens with one attached hydrogen (secondary N) is 1. The second kappa shape index (κ2) is 6.01. The van der Waals surface area contributed by atoms with Gasteiger partial charge in [-0.3, -0.25) is 14.8 Å². The summed E-state index contributed by atoms with van der Waals surface area (Å²) >= 11 is 0. The molecule has 1 saturated heterocycles. The minimum atomic E-state index is -0.504. The van der Waals surface area contributed by atoms with Crippen molar-refractivity contribution in [2.75, 3.05) is 11.4 Å². The topological polar surface area (TPSA) is 69.6 Å². The molecule has 1 unspecified atom stereocenters. The van der Waals surface area contributed by atoms with Crippen molar-refractivity contribution in [2.24, 2.45) is 5.41 Å². The molecule has 4 rings (SSSR count). The number of benzene rings is 2. The second-order valence-corrected chi connectivity index (χ2v) is 6.92. The van der Waals surface area contributed by atoms with Gasteiger partial charge in [0.05, 0.1) is 5.41 Å². The second-order valence-electron chi connectivity index (χ2n) is 6.92. The molecule has 0 saturated carbocycles. The maximum absolute atomic E-state index is 13.1. The largest absolute Gasteiger partial charge is 0.312 e. The number of amides is 2. The molecule has 5 nitrogen and oxygen atoms in total. The minimum absolute atomic E-state index is 0.210. The van der Waals surface area contributed by atoms with Crippen molar-refractivity contribution in [2.45, 2.75) is 25.7 Å². The molecule has 0 bridgehead atoms. The normalized spacial score (nSPS) is 22.1. The number of nitrogens with zero attached hydrogens (tertiary/aromatic N) is 1. The molecular weight excluding hydrogens is 316 g/mol. The number of hydrogen-bond donors (Lipinski definition) is 2. The summed E-state index contributed by atoms with van der Waals surface area (Å²) in [6.07, 6.45) is 3.15. The van der Waals surface area contributed by atoms with Crippen LogP contribution < -0.4 is 10.4 Å². The maximum Gasteiger partial charge on any atom is 0.274 e. The van der Waals surface area contributed by atoms with Gasteiger partial charge in [-0.15, -0.1) is 0 Å². The average molecular weight is 336 g/mol. The fourth-order valence-corrected chi connectivity index (χ4v) is 4.13. The van der Waals surface area contributed by atoms with Crippen LogP contribution in [0.1, 0.15) is 34.3 Å². The summed E-state index contributed by atoms with van der Waals surface area (Å²) in [5.74, 6) is -0.295. The molecule has 2 aliphatic rings. The Morgan fingerprint density at radius 2 is 1.88 bits per heavy atom. The highest BCUT2D eigenvalue weighted by Gasteiger charge is 2.48.